The number of hydrogen-bond acceptors (Lipinski definition) is 6. The fraction of sp³-hybridized carbons (Fsp3) is 0.238. The van der Waals surface area contributed by atoms with Crippen LogP contribution in [0, 0.1) is 17.0 Å². The summed E-state index contributed by atoms with van der Waals surface area (Å²) >= 11 is 0. The Balaban J connectivity index is 1.69. The molecule has 4 rings (SSSR count). The number of ether oxygens (including phenoxy) is 1. The van der Waals surface area contributed by atoms with Gasteiger partial charge >= 0.3 is 0 Å². The van der Waals surface area contributed by atoms with Crippen LogP contribution in [0.2, 0.25) is 0 Å². The lowest BCUT2D eigenvalue weighted by Gasteiger charge is -2.26. The Morgan fingerprint density at radius 2 is 1.87 bits per heavy atom. The molecule has 9 heteroatoms. The molecule has 1 N–H and O–H groups in total. The molecule has 1 aliphatic rings. The number of benzene rings is 2. The highest BCUT2D eigenvalue weighted by molar-refractivity contribution is 6.14. The molecular formula is C21H19N3O6. The van der Waals surface area contributed by atoms with E-state index in [0.29, 0.717) is 42.8 Å². The highest BCUT2D eigenvalue weighted by atomic mass is 16.6. The summed E-state index contributed by atoms with van der Waals surface area (Å²) in [4.78, 5) is 38.0. The summed E-state index contributed by atoms with van der Waals surface area (Å²) in [6.07, 6.45) is 0. The molecule has 2 amide bonds. The SMILES string of the molecule is Cc1cc(C(=O)Nc2c(C(=O)N3CCOCC3)oc3ccccc23)ccc1[N+](=O)[O-]. The number of anilines is 1. The lowest BCUT2D eigenvalue weighted by Crippen LogP contribution is -2.40. The van der Waals surface area contributed by atoms with Gasteiger partial charge in [0.15, 0.2) is 0 Å². The van der Waals surface area contributed by atoms with E-state index in [1.165, 1.54) is 18.2 Å². The van der Waals surface area contributed by atoms with Crippen molar-refractivity contribution in [2.45, 2.75) is 6.92 Å². The van der Waals surface area contributed by atoms with E-state index >= 15 is 0 Å². The number of morpholine rings is 1. The Bertz CT molecular complexity index is 1150. The van der Waals surface area contributed by atoms with Gasteiger partial charge in [-0.15, -0.1) is 0 Å². The average Bonchev–Trinajstić information content (AvgIpc) is 3.12. The van der Waals surface area contributed by atoms with Crippen molar-refractivity contribution < 1.29 is 23.7 Å². The zero-order valence-electron chi connectivity index (χ0n) is 16.2. The van der Waals surface area contributed by atoms with Crippen molar-refractivity contribution in [1.29, 1.82) is 0 Å². The van der Waals surface area contributed by atoms with Gasteiger partial charge in [0.2, 0.25) is 5.76 Å². The molecule has 0 unspecified atom stereocenters. The molecule has 3 aromatic rings. The molecule has 1 saturated heterocycles. The molecule has 0 aliphatic carbocycles. The molecule has 0 spiro atoms. The number of hydrogen-bond donors (Lipinski definition) is 1. The normalized spacial score (nSPS) is 14.0. The van der Waals surface area contributed by atoms with E-state index in [9.17, 15) is 19.7 Å². The van der Waals surface area contributed by atoms with Crippen molar-refractivity contribution in [1.82, 2.24) is 4.90 Å². The van der Waals surface area contributed by atoms with Crippen LogP contribution in [-0.4, -0.2) is 47.9 Å². The maximum Gasteiger partial charge on any atom is 0.291 e. The van der Waals surface area contributed by atoms with Crippen molar-refractivity contribution >= 4 is 34.2 Å². The number of para-hydroxylation sites is 1. The Kier molecular flexibility index (Phi) is 5.20. The summed E-state index contributed by atoms with van der Waals surface area (Å²) in [7, 11) is 0. The van der Waals surface area contributed by atoms with Crippen LogP contribution in [-0.2, 0) is 4.74 Å². The number of furan rings is 1. The van der Waals surface area contributed by atoms with E-state index in [1.54, 1.807) is 36.1 Å². The van der Waals surface area contributed by atoms with Crippen molar-refractivity contribution in [3.05, 3.63) is 69.5 Å². The third-order valence-corrected chi connectivity index (χ3v) is 4.98. The Hall–Kier alpha value is -3.72. The van der Waals surface area contributed by atoms with Gasteiger partial charge < -0.3 is 19.4 Å². The maximum absolute atomic E-state index is 13.0. The summed E-state index contributed by atoms with van der Waals surface area (Å²) < 4.78 is 11.1. The first kappa shape index (κ1) is 19.6. The van der Waals surface area contributed by atoms with E-state index in [0.717, 1.165) is 0 Å². The van der Waals surface area contributed by atoms with Gasteiger partial charge in [-0.1, -0.05) is 12.1 Å². The predicted octanol–water partition coefficient (Wildman–Crippen LogP) is 3.37. The third kappa shape index (κ3) is 3.62. The minimum atomic E-state index is -0.500. The van der Waals surface area contributed by atoms with Crippen molar-refractivity contribution in [2.24, 2.45) is 0 Å². The summed E-state index contributed by atoms with van der Waals surface area (Å²) in [5.41, 5.74) is 1.30. The van der Waals surface area contributed by atoms with E-state index in [2.05, 4.69) is 5.32 Å². The number of carbonyl (C=O) groups excluding carboxylic acids is 2. The van der Waals surface area contributed by atoms with Gasteiger partial charge in [0.1, 0.15) is 11.3 Å². The maximum atomic E-state index is 13.0. The van der Waals surface area contributed by atoms with Crippen LogP contribution in [0.4, 0.5) is 11.4 Å². The number of fused-ring (bicyclic) bond motifs is 1. The van der Waals surface area contributed by atoms with Crippen LogP contribution in [0.3, 0.4) is 0 Å². The van der Waals surface area contributed by atoms with Crippen LogP contribution < -0.4 is 5.32 Å². The number of amides is 2. The van der Waals surface area contributed by atoms with E-state index in [4.69, 9.17) is 9.15 Å². The van der Waals surface area contributed by atoms with Crippen LogP contribution in [0.25, 0.3) is 11.0 Å². The largest absolute Gasteiger partial charge is 0.449 e. The van der Waals surface area contributed by atoms with Gasteiger partial charge in [0.25, 0.3) is 17.5 Å². The van der Waals surface area contributed by atoms with Crippen LogP contribution in [0.15, 0.2) is 46.9 Å². The summed E-state index contributed by atoms with van der Waals surface area (Å²) in [6.45, 7) is 3.32. The molecule has 1 aliphatic heterocycles. The van der Waals surface area contributed by atoms with Crippen LogP contribution >= 0.6 is 0 Å². The van der Waals surface area contributed by atoms with Crippen molar-refractivity contribution in [3.63, 3.8) is 0 Å². The molecule has 0 atom stereocenters. The molecule has 0 bridgehead atoms. The minimum absolute atomic E-state index is 0.0464. The van der Waals surface area contributed by atoms with Crippen LogP contribution in [0.1, 0.15) is 26.5 Å². The zero-order chi connectivity index (χ0) is 21.3. The highest BCUT2D eigenvalue weighted by Gasteiger charge is 2.28. The quantitative estimate of drug-likeness (QED) is 0.522. The predicted molar refractivity (Wildman–Crippen MR) is 109 cm³/mol. The third-order valence-electron chi connectivity index (χ3n) is 4.98. The van der Waals surface area contributed by atoms with Gasteiger partial charge in [-0.05, 0) is 31.2 Å². The minimum Gasteiger partial charge on any atom is -0.449 e. The first-order chi connectivity index (χ1) is 14.5. The topological polar surface area (TPSA) is 115 Å². The molecule has 0 radical (unpaired) electrons. The van der Waals surface area contributed by atoms with Crippen LogP contribution in [0.5, 0.6) is 0 Å². The molecule has 154 valence electrons. The molecule has 0 saturated carbocycles. The Morgan fingerprint density at radius 3 is 2.57 bits per heavy atom. The number of aryl methyl sites for hydroxylation is 1. The van der Waals surface area contributed by atoms with E-state index in [1.807, 2.05) is 0 Å². The Labute approximate surface area is 171 Å². The average molecular weight is 409 g/mol. The lowest BCUT2D eigenvalue weighted by atomic mass is 10.1. The summed E-state index contributed by atoms with van der Waals surface area (Å²) in [5.74, 6) is -0.773. The standard InChI is InChI=1S/C21H19N3O6/c1-13-12-14(6-7-16(13)24(27)28)20(25)22-18-15-4-2-3-5-17(15)30-19(18)21(26)23-8-10-29-11-9-23/h2-7,12H,8-11H2,1H3,(H,22,25). The molecule has 2 aromatic carbocycles. The molecule has 9 nitrogen and oxygen atoms in total. The van der Waals surface area contributed by atoms with Gasteiger partial charge in [0.05, 0.1) is 18.1 Å². The fourth-order valence-electron chi connectivity index (χ4n) is 3.42. The highest BCUT2D eigenvalue weighted by Crippen LogP contribution is 2.32. The lowest BCUT2D eigenvalue weighted by molar-refractivity contribution is -0.385. The first-order valence-corrected chi connectivity index (χ1v) is 9.40. The van der Waals surface area contributed by atoms with E-state index < -0.39 is 10.8 Å². The number of nitrogens with zero attached hydrogens (tertiary/aromatic N) is 2. The smallest absolute Gasteiger partial charge is 0.291 e. The fourth-order valence-corrected chi connectivity index (χ4v) is 3.42. The molecule has 2 heterocycles. The monoisotopic (exact) mass is 409 g/mol. The second-order valence-corrected chi connectivity index (χ2v) is 6.92. The zero-order valence-corrected chi connectivity index (χ0v) is 16.2. The van der Waals surface area contributed by atoms with Gasteiger partial charge in [-0.25, -0.2) is 0 Å². The van der Waals surface area contributed by atoms with Crippen molar-refractivity contribution in [2.75, 3.05) is 31.6 Å². The molecule has 30 heavy (non-hydrogen) atoms. The summed E-state index contributed by atoms with van der Waals surface area (Å²) in [6, 6.07) is 11.2. The van der Waals surface area contributed by atoms with Gasteiger partial charge in [0, 0.05) is 35.7 Å². The van der Waals surface area contributed by atoms with Gasteiger partial charge in [-0.3, -0.25) is 19.7 Å². The number of nitrogens with one attached hydrogen (secondary N) is 1. The number of nitro benzene ring substituents is 1. The molecule has 1 aromatic heterocycles. The van der Waals surface area contributed by atoms with E-state index in [-0.39, 0.29) is 28.6 Å². The van der Waals surface area contributed by atoms with Crippen molar-refractivity contribution in [3.8, 4) is 0 Å². The Morgan fingerprint density at radius 1 is 1.13 bits per heavy atom. The summed E-state index contributed by atoms with van der Waals surface area (Å²) in [5, 5.41) is 14.4. The van der Waals surface area contributed by atoms with Gasteiger partial charge in [-0.2, -0.15) is 0 Å². The molecular weight excluding hydrogens is 390 g/mol. The number of nitro groups is 1. The number of rotatable bonds is 4. The number of carbonyl (C=O) groups is 2. The molecule has 1 fully saturated rings. The second kappa shape index (κ2) is 7.96. The first-order valence-electron chi connectivity index (χ1n) is 9.40. The second-order valence-electron chi connectivity index (χ2n) is 6.92.